The van der Waals surface area contributed by atoms with Gasteiger partial charge in [0.1, 0.15) is 5.70 Å². The average molecular weight is 219 g/mol. The molecule has 16 heavy (non-hydrogen) atoms. The van der Waals surface area contributed by atoms with E-state index in [0.717, 1.165) is 0 Å². The summed E-state index contributed by atoms with van der Waals surface area (Å²) in [5, 5.41) is 2.85. The normalized spacial score (nSPS) is 14.4. The highest BCUT2D eigenvalue weighted by Gasteiger charge is 2.15. The molecule has 0 aromatic rings. The SMILES string of the molecule is C/C=C\C(=C/C)C(=O)C(=C/C)/C(=C\C)N=O. The van der Waals surface area contributed by atoms with Crippen LogP contribution in [-0.2, 0) is 4.79 Å². The Labute approximate surface area is 96.2 Å². The highest BCUT2D eigenvalue weighted by Crippen LogP contribution is 2.17. The second-order valence-electron chi connectivity index (χ2n) is 3.04. The summed E-state index contributed by atoms with van der Waals surface area (Å²) in [6, 6.07) is 0. The number of nitroso groups, excluding NO2 is 1. The van der Waals surface area contributed by atoms with Crippen molar-refractivity contribution in [1.82, 2.24) is 0 Å². The summed E-state index contributed by atoms with van der Waals surface area (Å²) in [6.07, 6.45) is 8.34. The Morgan fingerprint density at radius 3 is 1.94 bits per heavy atom. The number of carbonyl (C=O) groups excluding carboxylic acids is 1. The maximum atomic E-state index is 12.0. The highest BCUT2D eigenvalue weighted by atomic mass is 16.3. The van der Waals surface area contributed by atoms with Crippen LogP contribution in [0.25, 0.3) is 0 Å². The lowest BCUT2D eigenvalue weighted by atomic mass is 10.00. The van der Waals surface area contributed by atoms with Gasteiger partial charge < -0.3 is 0 Å². The Kier molecular flexibility index (Phi) is 6.68. The molecule has 0 heterocycles. The van der Waals surface area contributed by atoms with Gasteiger partial charge in [-0.15, -0.1) is 4.91 Å². The smallest absolute Gasteiger partial charge is 0.194 e. The summed E-state index contributed by atoms with van der Waals surface area (Å²) >= 11 is 0. The van der Waals surface area contributed by atoms with Crippen molar-refractivity contribution in [3.63, 3.8) is 0 Å². The van der Waals surface area contributed by atoms with Gasteiger partial charge in [0.25, 0.3) is 0 Å². The minimum absolute atomic E-state index is 0.177. The highest BCUT2D eigenvalue weighted by molar-refractivity contribution is 6.12. The van der Waals surface area contributed by atoms with E-state index in [9.17, 15) is 9.70 Å². The molecule has 0 N–H and O–H groups in total. The average Bonchev–Trinajstić information content (AvgIpc) is 2.31. The molecule has 0 bridgehead atoms. The first-order valence-corrected chi connectivity index (χ1v) is 5.16. The first kappa shape index (κ1) is 14.2. The van der Waals surface area contributed by atoms with Gasteiger partial charge in [0, 0.05) is 11.1 Å². The number of rotatable bonds is 5. The van der Waals surface area contributed by atoms with Crippen molar-refractivity contribution in [2.24, 2.45) is 5.18 Å². The maximum absolute atomic E-state index is 12.0. The summed E-state index contributed by atoms with van der Waals surface area (Å²) in [5.74, 6) is -0.184. The predicted molar refractivity (Wildman–Crippen MR) is 66.9 cm³/mol. The van der Waals surface area contributed by atoms with Crippen LogP contribution < -0.4 is 0 Å². The molecule has 3 heteroatoms. The fraction of sp³-hybridized carbons (Fsp3) is 0.308. The van der Waals surface area contributed by atoms with E-state index in [1.807, 2.05) is 6.92 Å². The van der Waals surface area contributed by atoms with Crippen LogP contribution in [0.4, 0.5) is 0 Å². The molecule has 0 radical (unpaired) electrons. The first-order chi connectivity index (χ1) is 7.65. The Hall–Kier alpha value is -1.77. The number of nitrogens with zero attached hydrogens (tertiary/aromatic N) is 1. The third-order valence-corrected chi connectivity index (χ3v) is 2.10. The van der Waals surface area contributed by atoms with Crippen molar-refractivity contribution in [3.05, 3.63) is 52.1 Å². The minimum Gasteiger partial charge on any atom is -0.289 e. The lowest BCUT2D eigenvalue weighted by Gasteiger charge is -2.04. The second-order valence-corrected chi connectivity index (χ2v) is 3.04. The van der Waals surface area contributed by atoms with Crippen LogP contribution in [0.3, 0.4) is 0 Å². The van der Waals surface area contributed by atoms with E-state index in [4.69, 9.17) is 0 Å². The number of Topliss-reactive ketones (excluding diaryl/α,β-unsaturated/α-hetero) is 1. The van der Waals surface area contributed by atoms with E-state index < -0.39 is 0 Å². The van der Waals surface area contributed by atoms with Gasteiger partial charge in [-0.1, -0.05) is 30.4 Å². The second kappa shape index (κ2) is 7.51. The molecule has 0 rings (SSSR count). The van der Waals surface area contributed by atoms with Gasteiger partial charge in [-0.2, -0.15) is 0 Å². The Morgan fingerprint density at radius 2 is 1.62 bits per heavy atom. The zero-order valence-corrected chi connectivity index (χ0v) is 10.2. The molecule has 0 atom stereocenters. The van der Waals surface area contributed by atoms with Crippen molar-refractivity contribution in [3.8, 4) is 0 Å². The molecule has 0 aromatic heterocycles. The van der Waals surface area contributed by atoms with E-state index in [0.29, 0.717) is 11.1 Å². The Bertz CT molecular complexity index is 385. The van der Waals surface area contributed by atoms with Crippen molar-refractivity contribution >= 4 is 5.78 Å². The van der Waals surface area contributed by atoms with E-state index in [1.54, 1.807) is 45.1 Å². The van der Waals surface area contributed by atoms with Crippen molar-refractivity contribution in [2.45, 2.75) is 27.7 Å². The molecule has 0 aromatic carbocycles. The monoisotopic (exact) mass is 219 g/mol. The summed E-state index contributed by atoms with van der Waals surface area (Å²) in [7, 11) is 0. The summed E-state index contributed by atoms with van der Waals surface area (Å²) in [4.78, 5) is 22.6. The van der Waals surface area contributed by atoms with Crippen LogP contribution in [0.1, 0.15) is 27.7 Å². The minimum atomic E-state index is -0.184. The van der Waals surface area contributed by atoms with Crippen LogP contribution in [-0.4, -0.2) is 5.78 Å². The van der Waals surface area contributed by atoms with E-state index >= 15 is 0 Å². The number of carbonyl (C=O) groups is 1. The number of hydrogen-bond donors (Lipinski definition) is 0. The van der Waals surface area contributed by atoms with Crippen LogP contribution >= 0.6 is 0 Å². The van der Waals surface area contributed by atoms with Gasteiger partial charge in [-0.3, -0.25) is 4.79 Å². The Morgan fingerprint density at radius 1 is 1.00 bits per heavy atom. The fourth-order valence-electron chi connectivity index (χ4n) is 1.29. The molecule has 3 nitrogen and oxygen atoms in total. The van der Waals surface area contributed by atoms with Gasteiger partial charge in [0.05, 0.1) is 0 Å². The largest absolute Gasteiger partial charge is 0.289 e. The van der Waals surface area contributed by atoms with Crippen molar-refractivity contribution in [1.29, 1.82) is 0 Å². The molecule has 0 spiro atoms. The van der Waals surface area contributed by atoms with E-state index in [-0.39, 0.29) is 11.5 Å². The molecule has 0 saturated carbocycles. The fourth-order valence-corrected chi connectivity index (χ4v) is 1.29. The van der Waals surface area contributed by atoms with E-state index in [2.05, 4.69) is 5.18 Å². The lowest BCUT2D eigenvalue weighted by molar-refractivity contribution is -0.111. The molecule has 0 aliphatic heterocycles. The molecule has 0 aliphatic rings. The van der Waals surface area contributed by atoms with Crippen LogP contribution in [0.15, 0.2) is 52.4 Å². The van der Waals surface area contributed by atoms with Crippen molar-refractivity contribution < 1.29 is 4.79 Å². The third-order valence-electron chi connectivity index (χ3n) is 2.10. The van der Waals surface area contributed by atoms with Crippen molar-refractivity contribution in [2.75, 3.05) is 0 Å². The van der Waals surface area contributed by atoms with Gasteiger partial charge in [-0.25, -0.2) is 0 Å². The quantitative estimate of drug-likeness (QED) is 0.402. The van der Waals surface area contributed by atoms with Gasteiger partial charge in [0.15, 0.2) is 5.78 Å². The summed E-state index contributed by atoms with van der Waals surface area (Å²) in [5.41, 5.74) is 1.07. The van der Waals surface area contributed by atoms with Crippen LogP contribution in [0.2, 0.25) is 0 Å². The summed E-state index contributed by atoms with van der Waals surface area (Å²) in [6.45, 7) is 7.01. The van der Waals surface area contributed by atoms with Gasteiger partial charge in [-0.05, 0) is 32.9 Å². The topological polar surface area (TPSA) is 46.5 Å². The number of allylic oxidation sites excluding steroid dienone is 7. The molecule has 0 saturated heterocycles. The standard InChI is InChI=1S/C13H17NO2/c1-5-9-10(6-2)13(15)11(7-3)12(8-4)14-16/h5-9H,1-4H3/b9-5-,10-6+,11-7+,12-8+. The molecule has 0 amide bonds. The molecule has 0 unspecified atom stereocenters. The molecular weight excluding hydrogens is 202 g/mol. The zero-order valence-electron chi connectivity index (χ0n) is 10.2. The Balaban J connectivity index is 5.32. The van der Waals surface area contributed by atoms with Gasteiger partial charge in [0.2, 0.25) is 0 Å². The van der Waals surface area contributed by atoms with Crippen LogP contribution in [0.5, 0.6) is 0 Å². The summed E-state index contributed by atoms with van der Waals surface area (Å²) < 4.78 is 0. The molecule has 86 valence electrons. The van der Waals surface area contributed by atoms with E-state index in [1.165, 1.54) is 6.08 Å². The van der Waals surface area contributed by atoms with Gasteiger partial charge >= 0.3 is 0 Å². The zero-order chi connectivity index (χ0) is 12.6. The third kappa shape index (κ3) is 3.42. The predicted octanol–water partition coefficient (Wildman–Crippen LogP) is 3.69. The molecular formula is C13H17NO2. The lowest BCUT2D eigenvalue weighted by Crippen LogP contribution is -2.06. The van der Waals surface area contributed by atoms with Crippen LogP contribution in [0, 0.1) is 4.91 Å². The number of ketones is 1. The molecule has 0 aliphatic carbocycles. The first-order valence-electron chi connectivity index (χ1n) is 5.16. The maximum Gasteiger partial charge on any atom is 0.194 e. The number of hydrogen-bond acceptors (Lipinski definition) is 3. The molecule has 0 fully saturated rings.